The van der Waals surface area contributed by atoms with Gasteiger partial charge >= 0.3 is 0 Å². The zero-order valence-electron chi connectivity index (χ0n) is 6.97. The molecule has 1 rings (SSSR count). The maximum atomic E-state index is 12.9. The summed E-state index contributed by atoms with van der Waals surface area (Å²) in [6.45, 7) is 3.43. The van der Waals surface area contributed by atoms with Gasteiger partial charge in [0.05, 0.1) is 6.10 Å². The first-order valence-corrected chi connectivity index (χ1v) is 3.74. The third kappa shape index (κ3) is 1.95. The van der Waals surface area contributed by atoms with Crippen LogP contribution >= 0.6 is 0 Å². The average Bonchev–Trinajstić information content (AvgIpc) is 1.97. The Hall–Kier alpha value is -1.08. The van der Waals surface area contributed by atoms with Crippen molar-refractivity contribution in [2.75, 3.05) is 0 Å². The first-order valence-electron chi connectivity index (χ1n) is 3.74. The van der Waals surface area contributed by atoms with Gasteiger partial charge in [0, 0.05) is 6.08 Å². The molecule has 0 saturated heterocycles. The summed E-state index contributed by atoms with van der Waals surface area (Å²) in [5.41, 5.74) is 2.35. The molecule has 0 fully saturated rings. The van der Waals surface area contributed by atoms with Gasteiger partial charge in [0.1, 0.15) is 0 Å². The summed E-state index contributed by atoms with van der Waals surface area (Å²) in [7, 11) is 0. The minimum atomic E-state index is -1.50. The van der Waals surface area contributed by atoms with E-state index in [1.54, 1.807) is 13.8 Å². The molecule has 0 radical (unpaired) electrons. The molecule has 0 N–H and O–H groups in total. The van der Waals surface area contributed by atoms with Crippen molar-refractivity contribution in [1.82, 2.24) is 0 Å². The number of alkyl halides is 1. The molecule has 0 aromatic rings. The Kier molecular flexibility index (Phi) is 2.66. The zero-order chi connectivity index (χ0) is 9.14. The Morgan fingerprint density at radius 3 is 2.75 bits per heavy atom. The van der Waals surface area contributed by atoms with E-state index in [1.807, 2.05) is 0 Å². The fourth-order valence-electron chi connectivity index (χ4n) is 0.860. The molecule has 1 aliphatic carbocycles. The summed E-state index contributed by atoms with van der Waals surface area (Å²) in [5.74, 6) is -0.928. The summed E-state index contributed by atoms with van der Waals surface area (Å²) in [6.07, 6.45) is 0.468. The Morgan fingerprint density at radius 2 is 2.25 bits per heavy atom. The van der Waals surface area contributed by atoms with Crippen LogP contribution in [0.4, 0.5) is 8.78 Å². The summed E-state index contributed by atoms with van der Waals surface area (Å²) in [4.78, 5) is 0. The van der Waals surface area contributed by atoms with Crippen LogP contribution in [-0.4, -0.2) is 12.3 Å². The maximum absolute atomic E-state index is 12.9. The molecule has 0 saturated carbocycles. The second kappa shape index (κ2) is 3.55. The first kappa shape index (κ1) is 9.01. The lowest BCUT2D eigenvalue weighted by molar-refractivity contribution is 0.109. The van der Waals surface area contributed by atoms with Crippen LogP contribution < -0.4 is 0 Å². The molecule has 0 aliphatic heterocycles. The molecule has 1 aliphatic rings. The van der Waals surface area contributed by atoms with Gasteiger partial charge in [0.2, 0.25) is 0 Å². The van der Waals surface area contributed by atoms with Gasteiger partial charge in [-0.1, -0.05) is 0 Å². The van der Waals surface area contributed by atoms with Crippen molar-refractivity contribution in [2.24, 2.45) is 0 Å². The summed E-state index contributed by atoms with van der Waals surface area (Å²) >= 11 is 0. The van der Waals surface area contributed by atoms with E-state index in [0.717, 1.165) is 12.2 Å². The van der Waals surface area contributed by atoms with Gasteiger partial charge in [-0.2, -0.15) is 0 Å². The highest BCUT2D eigenvalue weighted by atomic mass is 19.1. The lowest BCUT2D eigenvalue weighted by Gasteiger charge is -2.16. The summed E-state index contributed by atoms with van der Waals surface area (Å²) < 4.78 is 30.7. The molecular formula is C9H10F2O. The van der Waals surface area contributed by atoms with Crippen molar-refractivity contribution in [2.45, 2.75) is 26.1 Å². The third-order valence-electron chi connectivity index (χ3n) is 1.30. The normalized spacial score (nSPS) is 22.2. The van der Waals surface area contributed by atoms with Crippen LogP contribution in [0.1, 0.15) is 13.8 Å². The topological polar surface area (TPSA) is 9.23 Å². The Bertz CT molecular complexity index is 260. The fourth-order valence-corrected chi connectivity index (χ4v) is 0.860. The van der Waals surface area contributed by atoms with Crippen molar-refractivity contribution < 1.29 is 13.5 Å². The number of halogens is 2. The van der Waals surface area contributed by atoms with E-state index in [4.69, 9.17) is 4.74 Å². The third-order valence-corrected chi connectivity index (χ3v) is 1.30. The second-order valence-electron chi connectivity index (χ2n) is 2.76. The average molecular weight is 172 g/mol. The van der Waals surface area contributed by atoms with Crippen LogP contribution in [0.15, 0.2) is 29.5 Å². The van der Waals surface area contributed by atoms with E-state index >= 15 is 0 Å². The van der Waals surface area contributed by atoms with Crippen LogP contribution in [-0.2, 0) is 4.74 Å². The molecule has 0 aromatic heterocycles. The molecule has 1 atom stereocenters. The van der Waals surface area contributed by atoms with Gasteiger partial charge < -0.3 is 4.74 Å². The molecule has 66 valence electrons. The van der Waals surface area contributed by atoms with Crippen molar-refractivity contribution in [1.29, 1.82) is 0 Å². The molecule has 0 amide bonds. The van der Waals surface area contributed by atoms with Gasteiger partial charge in [-0.15, -0.1) is 5.73 Å². The van der Waals surface area contributed by atoms with Crippen LogP contribution in [0.5, 0.6) is 0 Å². The Balaban J connectivity index is 2.81. The van der Waals surface area contributed by atoms with Crippen LogP contribution in [0.25, 0.3) is 0 Å². The van der Waals surface area contributed by atoms with Gasteiger partial charge in [0.25, 0.3) is 0 Å². The number of allylic oxidation sites excluding steroid dienone is 2. The number of ether oxygens (including phenoxy) is 1. The van der Waals surface area contributed by atoms with Gasteiger partial charge in [-0.3, -0.25) is 0 Å². The van der Waals surface area contributed by atoms with Gasteiger partial charge in [-0.05, 0) is 19.9 Å². The largest absolute Gasteiger partial charge is 0.489 e. The van der Waals surface area contributed by atoms with Crippen LogP contribution in [0.2, 0.25) is 0 Å². The molecule has 0 aromatic carbocycles. The van der Waals surface area contributed by atoms with Crippen molar-refractivity contribution >= 4 is 0 Å². The Labute approximate surface area is 70.0 Å². The van der Waals surface area contributed by atoms with Crippen molar-refractivity contribution in [3.8, 4) is 0 Å². The molecule has 3 heteroatoms. The van der Waals surface area contributed by atoms with E-state index in [1.165, 1.54) is 0 Å². The minimum absolute atomic E-state index is 0.219. The van der Waals surface area contributed by atoms with Gasteiger partial charge in [-0.25, -0.2) is 8.78 Å². The predicted octanol–water partition coefficient (Wildman–Crippen LogP) is 2.66. The molecule has 1 unspecified atom stereocenters. The highest BCUT2D eigenvalue weighted by molar-refractivity contribution is 5.26. The lowest BCUT2D eigenvalue weighted by atomic mass is 10.2. The molecular weight excluding hydrogens is 162 g/mol. The molecule has 0 bridgehead atoms. The monoisotopic (exact) mass is 172 g/mol. The van der Waals surface area contributed by atoms with Gasteiger partial charge in [0.15, 0.2) is 17.8 Å². The van der Waals surface area contributed by atoms with E-state index in [0.29, 0.717) is 0 Å². The van der Waals surface area contributed by atoms with E-state index in [2.05, 4.69) is 5.73 Å². The smallest absolute Gasteiger partial charge is 0.185 e. The number of hydrogen-bond donors (Lipinski definition) is 0. The van der Waals surface area contributed by atoms with Crippen molar-refractivity contribution in [3.63, 3.8) is 0 Å². The van der Waals surface area contributed by atoms with Crippen molar-refractivity contribution in [3.05, 3.63) is 29.5 Å². The number of rotatable bonds is 2. The predicted molar refractivity (Wildman–Crippen MR) is 41.9 cm³/mol. The quantitative estimate of drug-likeness (QED) is 0.582. The molecule has 1 nitrogen and oxygen atoms in total. The SMILES string of the molecule is CC(C)OC1=C(F)C=C=CC1F. The first-order chi connectivity index (χ1) is 5.61. The van der Waals surface area contributed by atoms with Crippen LogP contribution in [0.3, 0.4) is 0 Å². The molecule has 0 heterocycles. The lowest BCUT2D eigenvalue weighted by Crippen LogP contribution is -2.13. The summed E-state index contributed by atoms with van der Waals surface area (Å²) in [5, 5.41) is 0. The van der Waals surface area contributed by atoms with Crippen LogP contribution in [0, 0.1) is 0 Å². The number of hydrogen-bond acceptors (Lipinski definition) is 1. The maximum Gasteiger partial charge on any atom is 0.185 e. The molecule has 0 spiro atoms. The van der Waals surface area contributed by atoms with E-state index in [9.17, 15) is 8.78 Å². The second-order valence-corrected chi connectivity index (χ2v) is 2.76. The fraction of sp³-hybridized carbons (Fsp3) is 0.444. The highest BCUT2D eigenvalue weighted by Gasteiger charge is 2.19. The standard InChI is InChI=1S/C9H10F2O/c1-6(2)12-9-7(10)4-3-5-8(9)11/h4-7H,1-2H3. The Morgan fingerprint density at radius 1 is 1.58 bits per heavy atom. The summed E-state index contributed by atoms with van der Waals surface area (Å²) in [6, 6.07) is 0. The van der Waals surface area contributed by atoms with E-state index < -0.39 is 12.0 Å². The zero-order valence-corrected chi connectivity index (χ0v) is 6.97. The minimum Gasteiger partial charge on any atom is -0.489 e. The highest BCUT2D eigenvalue weighted by Crippen LogP contribution is 2.21. The molecule has 12 heavy (non-hydrogen) atoms. The van der Waals surface area contributed by atoms with E-state index in [-0.39, 0.29) is 11.9 Å².